The van der Waals surface area contributed by atoms with Crippen LogP contribution in [0.5, 0.6) is 0 Å². The van der Waals surface area contributed by atoms with Crippen LogP contribution < -0.4 is 5.59 Å². The van der Waals surface area contributed by atoms with Crippen molar-refractivity contribution in [3.63, 3.8) is 0 Å². The minimum absolute atomic E-state index is 0.323. The van der Waals surface area contributed by atoms with Gasteiger partial charge in [0.2, 0.25) is 0 Å². The molecule has 5 heteroatoms. The molecule has 1 aliphatic rings. The molecule has 0 atom stereocenters. The smallest absolute Gasteiger partial charge is 0.398 e. The van der Waals surface area contributed by atoms with Gasteiger partial charge in [0.15, 0.2) is 0 Å². The van der Waals surface area contributed by atoms with Crippen molar-refractivity contribution in [2.24, 2.45) is 0 Å². The first kappa shape index (κ1) is 13.1. The average Bonchev–Trinajstić information content (AvgIpc) is 2.41. The van der Waals surface area contributed by atoms with Crippen LogP contribution in [-0.2, 0) is 9.31 Å². The van der Waals surface area contributed by atoms with Crippen molar-refractivity contribution in [2.45, 2.75) is 45.8 Å². The predicted molar refractivity (Wildman–Crippen MR) is 72.4 cm³/mol. The van der Waals surface area contributed by atoms with E-state index in [4.69, 9.17) is 9.31 Å². The summed E-state index contributed by atoms with van der Waals surface area (Å²) in [7, 11) is -0.392. The van der Waals surface area contributed by atoms with Crippen molar-refractivity contribution in [3.05, 3.63) is 22.3 Å². The first-order valence-corrected chi connectivity index (χ1v) is 6.51. The Labute approximate surface area is 111 Å². The van der Waals surface area contributed by atoms with Gasteiger partial charge < -0.3 is 9.31 Å². The molecule has 1 fully saturated rings. The molecule has 0 spiro atoms. The zero-order valence-corrected chi connectivity index (χ0v) is 12.5. The maximum absolute atomic E-state index is 5.94. The van der Waals surface area contributed by atoms with Gasteiger partial charge in [0, 0.05) is 0 Å². The minimum atomic E-state index is -0.392. The average molecular weight is 298 g/mol. The van der Waals surface area contributed by atoms with Gasteiger partial charge in [-0.2, -0.15) is 0 Å². The molecule has 0 amide bonds. The molecule has 3 nitrogen and oxygen atoms in total. The van der Waals surface area contributed by atoms with Gasteiger partial charge in [0.25, 0.3) is 0 Å². The summed E-state index contributed by atoms with van der Waals surface area (Å²) in [5.74, 6) is 0. The van der Waals surface area contributed by atoms with E-state index >= 15 is 0 Å². The molecule has 0 unspecified atom stereocenters. The third-order valence-electron chi connectivity index (χ3n) is 3.55. The molecule has 1 aromatic heterocycles. The molecule has 2 heterocycles. The van der Waals surface area contributed by atoms with Gasteiger partial charge in [0.05, 0.1) is 16.8 Å². The van der Waals surface area contributed by atoms with Gasteiger partial charge in [-0.05, 0) is 62.2 Å². The molecule has 1 aromatic rings. The molecule has 92 valence electrons. The van der Waals surface area contributed by atoms with Crippen molar-refractivity contribution < 1.29 is 9.31 Å². The van der Waals surface area contributed by atoms with Crippen molar-refractivity contribution in [1.29, 1.82) is 0 Å². The Morgan fingerprint density at radius 2 is 1.65 bits per heavy atom. The van der Waals surface area contributed by atoms with Crippen molar-refractivity contribution in [2.75, 3.05) is 0 Å². The predicted octanol–water partition coefficient (Wildman–Crippen LogP) is 2.45. The molecule has 0 saturated carbocycles. The Hall–Kier alpha value is -0.385. The summed E-state index contributed by atoms with van der Waals surface area (Å²) in [6.45, 7) is 10.2. The Morgan fingerprint density at radius 1 is 1.12 bits per heavy atom. The molecule has 0 aromatic carbocycles. The van der Waals surface area contributed by atoms with Gasteiger partial charge in [-0.25, -0.2) is 4.98 Å². The summed E-state index contributed by atoms with van der Waals surface area (Å²) in [5.41, 5.74) is 1.26. The topological polar surface area (TPSA) is 31.4 Å². The number of aryl methyl sites for hydroxylation is 1. The minimum Gasteiger partial charge on any atom is -0.398 e. The van der Waals surface area contributed by atoms with Crippen molar-refractivity contribution in [3.8, 4) is 0 Å². The van der Waals surface area contributed by atoms with E-state index in [-0.39, 0.29) is 11.2 Å². The van der Waals surface area contributed by atoms with E-state index in [1.807, 2.05) is 46.8 Å². The van der Waals surface area contributed by atoms with Gasteiger partial charge in [0.1, 0.15) is 4.60 Å². The third-order valence-corrected chi connectivity index (χ3v) is 4.35. The molecular weight excluding hydrogens is 281 g/mol. The van der Waals surface area contributed by atoms with E-state index in [0.29, 0.717) is 0 Å². The number of halogens is 1. The normalized spacial score (nSPS) is 21.9. The van der Waals surface area contributed by atoms with E-state index in [1.165, 1.54) is 0 Å². The maximum Gasteiger partial charge on any atom is 0.514 e. The Balaban J connectivity index is 2.29. The highest BCUT2D eigenvalue weighted by molar-refractivity contribution is 9.10. The zero-order chi connectivity index (χ0) is 12.8. The van der Waals surface area contributed by atoms with Crippen LogP contribution in [0.1, 0.15) is 33.3 Å². The summed E-state index contributed by atoms with van der Waals surface area (Å²) in [4.78, 5) is 4.45. The Bertz CT molecular complexity index is 432. The van der Waals surface area contributed by atoms with Crippen LogP contribution in [0.4, 0.5) is 0 Å². The lowest BCUT2D eigenvalue weighted by Gasteiger charge is -2.32. The first-order chi connectivity index (χ1) is 7.73. The van der Waals surface area contributed by atoms with Crippen molar-refractivity contribution in [1.82, 2.24) is 4.98 Å². The monoisotopic (exact) mass is 297 g/mol. The molecule has 0 bridgehead atoms. The standard InChI is InChI=1S/C12H17BBrNO2/c1-8-6-7-9(15-10(8)14)13-16-11(2,3)12(4,5)17-13/h6-7H,1-5H3. The van der Waals surface area contributed by atoms with E-state index in [2.05, 4.69) is 20.9 Å². The van der Waals surface area contributed by atoms with Gasteiger partial charge in [-0.15, -0.1) is 0 Å². The molecule has 17 heavy (non-hydrogen) atoms. The molecular formula is C12H17BBrNO2. The zero-order valence-electron chi connectivity index (χ0n) is 10.9. The lowest BCUT2D eigenvalue weighted by molar-refractivity contribution is 0.00578. The number of nitrogens with zero attached hydrogens (tertiary/aromatic N) is 1. The number of aromatic nitrogens is 1. The lowest BCUT2D eigenvalue weighted by atomic mass is 9.84. The van der Waals surface area contributed by atoms with E-state index in [9.17, 15) is 0 Å². The third kappa shape index (κ3) is 2.28. The highest BCUT2D eigenvalue weighted by atomic mass is 79.9. The summed E-state index contributed by atoms with van der Waals surface area (Å²) in [5, 5.41) is 0. The van der Waals surface area contributed by atoms with Crippen LogP contribution in [-0.4, -0.2) is 23.3 Å². The highest BCUT2D eigenvalue weighted by Crippen LogP contribution is 2.36. The largest absolute Gasteiger partial charge is 0.514 e. The Kier molecular flexibility index (Phi) is 3.13. The molecule has 0 radical (unpaired) electrons. The maximum atomic E-state index is 5.94. The summed E-state index contributed by atoms with van der Waals surface area (Å²) < 4.78 is 12.7. The van der Waals surface area contributed by atoms with Crippen LogP contribution in [0.15, 0.2) is 16.7 Å². The van der Waals surface area contributed by atoms with E-state index < -0.39 is 7.12 Å². The highest BCUT2D eigenvalue weighted by Gasteiger charge is 2.52. The van der Waals surface area contributed by atoms with Gasteiger partial charge >= 0.3 is 7.12 Å². The second-order valence-corrected chi connectivity index (χ2v) is 6.18. The molecule has 1 aliphatic heterocycles. The molecule has 2 rings (SSSR count). The van der Waals surface area contributed by atoms with Crippen LogP contribution in [0.25, 0.3) is 0 Å². The fourth-order valence-corrected chi connectivity index (χ4v) is 1.95. The number of hydrogen-bond acceptors (Lipinski definition) is 3. The lowest BCUT2D eigenvalue weighted by Crippen LogP contribution is -2.41. The fourth-order valence-electron chi connectivity index (χ4n) is 1.61. The summed E-state index contributed by atoms with van der Waals surface area (Å²) in [6.07, 6.45) is 0. The van der Waals surface area contributed by atoms with Gasteiger partial charge in [-0.1, -0.05) is 6.07 Å². The summed E-state index contributed by atoms with van der Waals surface area (Å²) >= 11 is 3.43. The second-order valence-electron chi connectivity index (χ2n) is 5.43. The van der Waals surface area contributed by atoms with Crippen LogP contribution in [0, 0.1) is 6.92 Å². The number of pyridine rings is 1. The van der Waals surface area contributed by atoms with E-state index in [0.717, 1.165) is 15.8 Å². The van der Waals surface area contributed by atoms with Crippen LogP contribution >= 0.6 is 15.9 Å². The molecule has 0 N–H and O–H groups in total. The summed E-state index contributed by atoms with van der Waals surface area (Å²) in [6, 6.07) is 3.96. The van der Waals surface area contributed by atoms with Crippen molar-refractivity contribution >= 4 is 28.6 Å². The number of rotatable bonds is 1. The fraction of sp³-hybridized carbons (Fsp3) is 0.583. The molecule has 1 saturated heterocycles. The van der Waals surface area contributed by atoms with Crippen LogP contribution in [0.2, 0.25) is 0 Å². The quantitative estimate of drug-likeness (QED) is 0.589. The second kappa shape index (κ2) is 4.07. The Morgan fingerprint density at radius 3 is 2.12 bits per heavy atom. The van der Waals surface area contributed by atoms with Gasteiger partial charge in [-0.3, -0.25) is 0 Å². The van der Waals surface area contributed by atoms with Crippen LogP contribution in [0.3, 0.4) is 0 Å². The molecule has 0 aliphatic carbocycles. The SMILES string of the molecule is Cc1ccc(B2OC(C)(C)C(C)(C)O2)nc1Br. The first-order valence-electron chi connectivity index (χ1n) is 5.72. The van der Waals surface area contributed by atoms with E-state index in [1.54, 1.807) is 0 Å². The number of hydrogen-bond donors (Lipinski definition) is 0.